The predicted molar refractivity (Wildman–Crippen MR) is 115 cm³/mol. The highest BCUT2D eigenvalue weighted by Gasteiger charge is 2.34. The molecule has 26 heavy (non-hydrogen) atoms. The van der Waals surface area contributed by atoms with E-state index >= 15 is 0 Å². The standard InChI is InChI=1S/C24H38N2/c1-7-10-25-11-13-26(14-12-25)22-9-8-19(2)15-21(22)20-16-23(3,4)18-24(5,6)17-20/h8-9,15-16H,7,10-14,17-18H2,1-6H3. The van der Waals surface area contributed by atoms with Gasteiger partial charge in [0.1, 0.15) is 0 Å². The number of piperazine rings is 1. The quantitative estimate of drug-likeness (QED) is 0.678. The molecule has 2 aliphatic rings. The number of nitrogens with zero attached hydrogens (tertiary/aromatic N) is 2. The SMILES string of the molecule is CCCN1CCN(c2ccc(C)cc2C2=CC(C)(C)CC(C)(C)C2)CC1. The Bertz CT molecular complexity index is 661. The average Bonchev–Trinajstić information content (AvgIpc) is 2.53. The van der Waals surface area contributed by atoms with Gasteiger partial charge in [0.25, 0.3) is 0 Å². The number of benzene rings is 1. The van der Waals surface area contributed by atoms with Gasteiger partial charge in [0.05, 0.1) is 0 Å². The number of hydrogen-bond donors (Lipinski definition) is 0. The minimum atomic E-state index is 0.276. The number of rotatable bonds is 4. The van der Waals surface area contributed by atoms with E-state index in [0.717, 1.165) is 13.1 Å². The zero-order chi connectivity index (χ0) is 18.9. The second-order valence-electron chi connectivity index (χ2n) is 10.0. The third-order valence-electron chi connectivity index (χ3n) is 5.92. The summed E-state index contributed by atoms with van der Waals surface area (Å²) in [6, 6.07) is 7.09. The molecule has 1 aromatic carbocycles. The normalized spacial score (nSPS) is 23.0. The zero-order valence-corrected chi connectivity index (χ0v) is 17.9. The fraction of sp³-hybridized carbons (Fsp3) is 0.667. The van der Waals surface area contributed by atoms with Crippen LogP contribution >= 0.6 is 0 Å². The monoisotopic (exact) mass is 354 g/mol. The van der Waals surface area contributed by atoms with Crippen molar-refractivity contribution in [2.45, 2.75) is 60.8 Å². The molecule has 2 heteroatoms. The highest BCUT2D eigenvalue weighted by atomic mass is 15.3. The topological polar surface area (TPSA) is 6.48 Å². The summed E-state index contributed by atoms with van der Waals surface area (Å²) in [5, 5.41) is 0. The van der Waals surface area contributed by atoms with Gasteiger partial charge in [-0.2, -0.15) is 0 Å². The van der Waals surface area contributed by atoms with E-state index < -0.39 is 0 Å². The van der Waals surface area contributed by atoms with Crippen molar-refractivity contribution in [1.82, 2.24) is 4.90 Å². The maximum absolute atomic E-state index is 2.62. The Hall–Kier alpha value is -1.28. The van der Waals surface area contributed by atoms with Crippen LogP contribution in [0.2, 0.25) is 0 Å². The van der Waals surface area contributed by atoms with E-state index in [9.17, 15) is 0 Å². The van der Waals surface area contributed by atoms with Crippen molar-refractivity contribution >= 4 is 11.3 Å². The summed E-state index contributed by atoms with van der Waals surface area (Å²) in [4.78, 5) is 5.23. The number of hydrogen-bond acceptors (Lipinski definition) is 2. The first kappa shape index (κ1) is 19.5. The summed E-state index contributed by atoms with van der Waals surface area (Å²) < 4.78 is 0. The van der Waals surface area contributed by atoms with Gasteiger partial charge in [-0.1, -0.05) is 52.3 Å². The van der Waals surface area contributed by atoms with Gasteiger partial charge in [-0.25, -0.2) is 0 Å². The number of aryl methyl sites for hydroxylation is 1. The third kappa shape index (κ3) is 4.52. The maximum Gasteiger partial charge on any atom is 0.0443 e. The molecule has 1 aliphatic heterocycles. The summed E-state index contributed by atoms with van der Waals surface area (Å²) >= 11 is 0. The zero-order valence-electron chi connectivity index (χ0n) is 17.9. The van der Waals surface area contributed by atoms with Gasteiger partial charge in [-0.05, 0) is 61.3 Å². The van der Waals surface area contributed by atoms with Gasteiger partial charge in [0.2, 0.25) is 0 Å². The molecule has 0 N–H and O–H groups in total. The van der Waals surface area contributed by atoms with Crippen LogP contribution in [0.4, 0.5) is 5.69 Å². The predicted octanol–water partition coefficient (Wildman–Crippen LogP) is 5.76. The molecule has 0 saturated carbocycles. The van der Waals surface area contributed by atoms with Crippen LogP contribution in [0.5, 0.6) is 0 Å². The fourth-order valence-electron chi connectivity index (χ4n) is 5.27. The van der Waals surface area contributed by atoms with Gasteiger partial charge in [0, 0.05) is 37.4 Å². The lowest BCUT2D eigenvalue weighted by molar-refractivity contribution is 0.228. The van der Waals surface area contributed by atoms with Gasteiger partial charge in [-0.15, -0.1) is 0 Å². The van der Waals surface area contributed by atoms with Crippen molar-refractivity contribution in [2.75, 3.05) is 37.6 Å². The van der Waals surface area contributed by atoms with Crippen LogP contribution in [0.15, 0.2) is 24.3 Å². The minimum Gasteiger partial charge on any atom is -0.368 e. The molecular weight excluding hydrogens is 316 g/mol. The highest BCUT2D eigenvalue weighted by Crippen LogP contribution is 2.48. The average molecular weight is 355 g/mol. The molecule has 1 saturated heterocycles. The van der Waals surface area contributed by atoms with E-state index in [4.69, 9.17) is 0 Å². The van der Waals surface area contributed by atoms with Crippen LogP contribution in [0.1, 0.15) is 65.0 Å². The molecule has 0 amide bonds. The lowest BCUT2D eigenvalue weighted by Crippen LogP contribution is -2.46. The minimum absolute atomic E-state index is 0.276. The molecular formula is C24H38N2. The van der Waals surface area contributed by atoms with E-state index in [-0.39, 0.29) is 5.41 Å². The molecule has 1 heterocycles. The molecule has 0 unspecified atom stereocenters. The van der Waals surface area contributed by atoms with Crippen LogP contribution in [-0.4, -0.2) is 37.6 Å². The van der Waals surface area contributed by atoms with Crippen molar-refractivity contribution in [1.29, 1.82) is 0 Å². The highest BCUT2D eigenvalue weighted by molar-refractivity contribution is 5.79. The molecule has 144 valence electrons. The van der Waals surface area contributed by atoms with Crippen LogP contribution in [0, 0.1) is 17.8 Å². The summed E-state index contributed by atoms with van der Waals surface area (Å²) in [6.45, 7) is 20.1. The molecule has 0 radical (unpaired) electrons. The Balaban J connectivity index is 1.91. The second kappa shape index (κ2) is 7.38. The largest absolute Gasteiger partial charge is 0.368 e. The van der Waals surface area contributed by atoms with Crippen molar-refractivity contribution in [3.8, 4) is 0 Å². The van der Waals surface area contributed by atoms with Crippen molar-refractivity contribution in [3.05, 3.63) is 35.4 Å². The van der Waals surface area contributed by atoms with Gasteiger partial charge >= 0.3 is 0 Å². The van der Waals surface area contributed by atoms with E-state index in [1.807, 2.05) is 0 Å². The van der Waals surface area contributed by atoms with Crippen molar-refractivity contribution in [3.63, 3.8) is 0 Å². The van der Waals surface area contributed by atoms with Crippen LogP contribution in [0.25, 0.3) is 5.57 Å². The van der Waals surface area contributed by atoms with Crippen LogP contribution in [0.3, 0.4) is 0 Å². The molecule has 0 spiro atoms. The van der Waals surface area contributed by atoms with E-state index in [1.54, 1.807) is 5.57 Å². The number of anilines is 1. The lowest BCUT2D eigenvalue weighted by Gasteiger charge is -2.41. The molecule has 2 nitrogen and oxygen atoms in total. The lowest BCUT2D eigenvalue weighted by atomic mass is 9.65. The summed E-state index contributed by atoms with van der Waals surface area (Å²) in [5.41, 5.74) is 6.50. The Kier molecular flexibility index (Phi) is 5.53. The van der Waals surface area contributed by atoms with Gasteiger partial charge < -0.3 is 4.90 Å². The van der Waals surface area contributed by atoms with Crippen molar-refractivity contribution in [2.24, 2.45) is 10.8 Å². The van der Waals surface area contributed by atoms with Crippen molar-refractivity contribution < 1.29 is 0 Å². The second-order valence-corrected chi connectivity index (χ2v) is 10.0. The summed E-state index contributed by atoms with van der Waals surface area (Å²) in [7, 11) is 0. The summed E-state index contributed by atoms with van der Waals surface area (Å²) in [5.74, 6) is 0. The van der Waals surface area contributed by atoms with Gasteiger partial charge in [0.15, 0.2) is 0 Å². The van der Waals surface area contributed by atoms with E-state index in [2.05, 4.69) is 75.6 Å². The number of allylic oxidation sites excluding steroid dienone is 2. The van der Waals surface area contributed by atoms with Crippen LogP contribution < -0.4 is 4.90 Å². The molecule has 1 fully saturated rings. The Morgan fingerprint density at radius 1 is 1.00 bits per heavy atom. The summed E-state index contributed by atoms with van der Waals surface area (Å²) in [6.07, 6.45) is 6.26. The third-order valence-corrected chi connectivity index (χ3v) is 5.92. The molecule has 1 aromatic rings. The maximum atomic E-state index is 2.62. The molecule has 0 aromatic heterocycles. The first-order valence-corrected chi connectivity index (χ1v) is 10.5. The Morgan fingerprint density at radius 3 is 2.31 bits per heavy atom. The Labute approximate surface area is 161 Å². The smallest absolute Gasteiger partial charge is 0.0443 e. The molecule has 0 atom stereocenters. The molecule has 0 bridgehead atoms. The van der Waals surface area contributed by atoms with E-state index in [1.165, 1.54) is 55.7 Å². The molecule has 3 rings (SSSR count). The first-order valence-electron chi connectivity index (χ1n) is 10.5. The van der Waals surface area contributed by atoms with Crippen LogP contribution in [-0.2, 0) is 0 Å². The van der Waals surface area contributed by atoms with Gasteiger partial charge in [-0.3, -0.25) is 4.90 Å². The molecule has 1 aliphatic carbocycles. The Morgan fingerprint density at radius 2 is 1.69 bits per heavy atom. The fourth-order valence-corrected chi connectivity index (χ4v) is 5.27. The first-order chi connectivity index (χ1) is 12.2. The van der Waals surface area contributed by atoms with E-state index in [0.29, 0.717) is 5.41 Å².